The van der Waals surface area contributed by atoms with Crippen molar-refractivity contribution in [3.63, 3.8) is 0 Å². The third-order valence-corrected chi connectivity index (χ3v) is 3.71. The van der Waals surface area contributed by atoms with E-state index >= 15 is 0 Å². The molecule has 0 bridgehead atoms. The molecular formula is C20H23FO4. The van der Waals surface area contributed by atoms with Crippen molar-refractivity contribution in [2.45, 2.75) is 33.3 Å². The highest BCUT2D eigenvalue weighted by Crippen LogP contribution is 2.32. The van der Waals surface area contributed by atoms with Gasteiger partial charge in [0, 0.05) is 12.0 Å². The number of para-hydroxylation sites is 1. The Morgan fingerprint density at radius 2 is 1.92 bits per heavy atom. The molecule has 0 radical (unpaired) electrons. The van der Waals surface area contributed by atoms with Crippen LogP contribution in [0.4, 0.5) is 4.39 Å². The van der Waals surface area contributed by atoms with Gasteiger partial charge in [-0.25, -0.2) is 4.39 Å². The average molecular weight is 346 g/mol. The molecule has 134 valence electrons. The zero-order valence-corrected chi connectivity index (χ0v) is 14.8. The Labute approximate surface area is 147 Å². The van der Waals surface area contributed by atoms with Crippen molar-refractivity contribution in [2.75, 3.05) is 13.7 Å². The molecule has 0 saturated carbocycles. The molecule has 0 atom stereocenters. The third kappa shape index (κ3) is 5.21. The number of hydrogen-bond donors (Lipinski definition) is 0. The normalized spacial score (nSPS) is 10.4. The summed E-state index contributed by atoms with van der Waals surface area (Å²) in [5.74, 6) is 1.02. The van der Waals surface area contributed by atoms with E-state index in [1.165, 1.54) is 13.0 Å². The molecule has 0 unspecified atom stereocenters. The topological polar surface area (TPSA) is 44.8 Å². The molecule has 25 heavy (non-hydrogen) atoms. The molecule has 0 spiro atoms. The highest BCUT2D eigenvalue weighted by atomic mass is 19.1. The maximum absolute atomic E-state index is 14.2. The van der Waals surface area contributed by atoms with E-state index in [0.29, 0.717) is 30.9 Å². The predicted molar refractivity (Wildman–Crippen MR) is 93.9 cm³/mol. The fraction of sp³-hybridized carbons (Fsp3) is 0.350. The monoisotopic (exact) mass is 346 g/mol. The minimum Gasteiger partial charge on any atom is -0.492 e. The number of benzene rings is 2. The summed E-state index contributed by atoms with van der Waals surface area (Å²) >= 11 is 0. The summed E-state index contributed by atoms with van der Waals surface area (Å²) in [6.07, 6.45) is 0.928. The Balaban J connectivity index is 2.08. The van der Waals surface area contributed by atoms with Gasteiger partial charge in [0.1, 0.15) is 12.4 Å². The van der Waals surface area contributed by atoms with Crippen molar-refractivity contribution in [3.8, 4) is 17.2 Å². The second-order valence-electron chi connectivity index (χ2n) is 5.64. The maximum Gasteiger partial charge on any atom is 0.167 e. The number of carbonyl (C=O) groups is 1. The van der Waals surface area contributed by atoms with Gasteiger partial charge in [-0.15, -0.1) is 0 Å². The number of ether oxygens (including phenoxy) is 3. The van der Waals surface area contributed by atoms with Crippen LogP contribution in [-0.2, 0) is 17.8 Å². The van der Waals surface area contributed by atoms with Crippen LogP contribution in [0.2, 0.25) is 0 Å². The summed E-state index contributed by atoms with van der Waals surface area (Å²) in [6.45, 7) is 4.11. The summed E-state index contributed by atoms with van der Waals surface area (Å²) < 4.78 is 30.7. The van der Waals surface area contributed by atoms with Crippen molar-refractivity contribution in [2.24, 2.45) is 0 Å². The average Bonchev–Trinajstić information content (AvgIpc) is 2.59. The van der Waals surface area contributed by atoms with Crippen LogP contribution in [-0.4, -0.2) is 19.5 Å². The van der Waals surface area contributed by atoms with Gasteiger partial charge in [0.25, 0.3) is 0 Å². The minimum absolute atomic E-state index is 0.0852. The molecule has 5 heteroatoms. The lowest BCUT2D eigenvalue weighted by Crippen LogP contribution is -2.03. The first-order valence-corrected chi connectivity index (χ1v) is 8.24. The van der Waals surface area contributed by atoms with Crippen molar-refractivity contribution in [1.29, 1.82) is 0 Å². The Kier molecular flexibility index (Phi) is 6.81. The van der Waals surface area contributed by atoms with Crippen LogP contribution in [0.5, 0.6) is 17.2 Å². The van der Waals surface area contributed by atoms with E-state index < -0.39 is 5.82 Å². The number of Topliss-reactive ketones (excluding diaryl/α,β-unsaturated/α-hetero) is 1. The Morgan fingerprint density at radius 1 is 1.12 bits per heavy atom. The van der Waals surface area contributed by atoms with E-state index in [2.05, 4.69) is 0 Å². The summed E-state index contributed by atoms with van der Waals surface area (Å²) in [5, 5.41) is 0. The van der Waals surface area contributed by atoms with Crippen molar-refractivity contribution in [1.82, 2.24) is 0 Å². The molecule has 0 aliphatic rings. The summed E-state index contributed by atoms with van der Waals surface area (Å²) in [6, 6.07) is 10.3. The second kappa shape index (κ2) is 9.06. The Hall–Kier alpha value is -2.56. The van der Waals surface area contributed by atoms with Crippen LogP contribution in [0, 0.1) is 5.82 Å². The molecule has 0 fully saturated rings. The number of halogens is 1. The third-order valence-electron chi connectivity index (χ3n) is 3.71. The number of carbonyl (C=O) groups excluding carboxylic acids is 1. The quantitative estimate of drug-likeness (QED) is 0.678. The standard InChI is InChI=1S/C20H23FO4/c1-4-24-19-7-5-6-16(20(19)23-3)13-25-18-11-10-15(12-17(18)21)9-8-14(2)22/h5-7,10-12H,4,8-9,13H2,1-3H3. The molecule has 0 aromatic heterocycles. The van der Waals surface area contributed by atoms with E-state index in [-0.39, 0.29) is 18.1 Å². The van der Waals surface area contributed by atoms with Crippen molar-refractivity contribution < 1.29 is 23.4 Å². The summed E-state index contributed by atoms with van der Waals surface area (Å²) in [4.78, 5) is 11.0. The predicted octanol–water partition coefficient (Wildman–Crippen LogP) is 4.33. The molecule has 0 aliphatic carbocycles. The van der Waals surface area contributed by atoms with Crippen molar-refractivity contribution >= 4 is 5.78 Å². The van der Waals surface area contributed by atoms with Crippen molar-refractivity contribution in [3.05, 3.63) is 53.3 Å². The maximum atomic E-state index is 14.2. The van der Waals surface area contributed by atoms with Crippen LogP contribution in [0.3, 0.4) is 0 Å². The smallest absolute Gasteiger partial charge is 0.167 e. The molecule has 0 aliphatic heterocycles. The van der Waals surface area contributed by atoms with Gasteiger partial charge in [0.05, 0.1) is 13.7 Å². The number of rotatable bonds is 9. The molecule has 2 aromatic rings. The minimum atomic E-state index is -0.444. The molecule has 0 heterocycles. The first kappa shape index (κ1) is 18.8. The van der Waals surface area contributed by atoms with Gasteiger partial charge in [-0.2, -0.15) is 0 Å². The number of aryl methyl sites for hydroxylation is 1. The van der Waals surface area contributed by atoms with Crippen LogP contribution < -0.4 is 14.2 Å². The largest absolute Gasteiger partial charge is 0.492 e. The van der Waals surface area contributed by atoms with Crippen LogP contribution >= 0.6 is 0 Å². The first-order chi connectivity index (χ1) is 12.0. The van der Waals surface area contributed by atoms with E-state index in [9.17, 15) is 9.18 Å². The molecule has 2 aromatic carbocycles. The number of ketones is 1. The van der Waals surface area contributed by atoms with Gasteiger partial charge in [0.2, 0.25) is 0 Å². The lowest BCUT2D eigenvalue weighted by Gasteiger charge is -2.14. The van der Waals surface area contributed by atoms with E-state index in [4.69, 9.17) is 14.2 Å². The van der Waals surface area contributed by atoms with E-state index in [1.807, 2.05) is 25.1 Å². The van der Waals surface area contributed by atoms with E-state index in [1.54, 1.807) is 19.2 Å². The highest BCUT2D eigenvalue weighted by molar-refractivity contribution is 5.75. The van der Waals surface area contributed by atoms with Gasteiger partial charge in [-0.1, -0.05) is 18.2 Å². The van der Waals surface area contributed by atoms with Gasteiger partial charge in [0.15, 0.2) is 23.1 Å². The molecule has 0 N–H and O–H groups in total. The molecule has 0 amide bonds. The van der Waals surface area contributed by atoms with E-state index in [0.717, 1.165) is 11.1 Å². The zero-order valence-electron chi connectivity index (χ0n) is 14.8. The summed E-state index contributed by atoms with van der Waals surface area (Å²) in [7, 11) is 1.56. The zero-order chi connectivity index (χ0) is 18.2. The molecule has 4 nitrogen and oxygen atoms in total. The Morgan fingerprint density at radius 3 is 2.56 bits per heavy atom. The first-order valence-electron chi connectivity index (χ1n) is 8.24. The van der Waals surface area contributed by atoms with Crippen LogP contribution in [0.1, 0.15) is 31.4 Å². The lowest BCUT2D eigenvalue weighted by atomic mass is 10.1. The van der Waals surface area contributed by atoms with Gasteiger partial charge in [-0.3, -0.25) is 0 Å². The van der Waals surface area contributed by atoms with Crippen LogP contribution in [0.15, 0.2) is 36.4 Å². The van der Waals surface area contributed by atoms with Gasteiger partial charge >= 0.3 is 0 Å². The highest BCUT2D eigenvalue weighted by Gasteiger charge is 2.12. The molecule has 2 rings (SSSR count). The fourth-order valence-electron chi connectivity index (χ4n) is 2.47. The number of hydrogen-bond acceptors (Lipinski definition) is 4. The summed E-state index contributed by atoms with van der Waals surface area (Å²) in [5.41, 5.74) is 1.55. The fourth-order valence-corrected chi connectivity index (χ4v) is 2.47. The lowest BCUT2D eigenvalue weighted by molar-refractivity contribution is -0.116. The second-order valence-corrected chi connectivity index (χ2v) is 5.64. The van der Waals surface area contributed by atoms with Gasteiger partial charge < -0.3 is 19.0 Å². The number of methoxy groups -OCH3 is 1. The SMILES string of the molecule is CCOc1cccc(COc2ccc(CCC(C)=O)cc2F)c1OC. The Bertz CT molecular complexity index is 728. The van der Waals surface area contributed by atoms with Gasteiger partial charge in [-0.05, 0) is 44.0 Å². The molecular weight excluding hydrogens is 323 g/mol. The van der Waals surface area contributed by atoms with Crippen LogP contribution in [0.25, 0.3) is 0 Å². The molecule has 0 saturated heterocycles.